The highest BCUT2D eigenvalue weighted by Gasteiger charge is 2.27. The summed E-state index contributed by atoms with van der Waals surface area (Å²) in [5.74, 6) is -1.13. The highest BCUT2D eigenvalue weighted by Crippen LogP contribution is 2.08. The molecule has 7 nitrogen and oxygen atoms in total. The van der Waals surface area contributed by atoms with Gasteiger partial charge in [-0.15, -0.1) is 0 Å². The summed E-state index contributed by atoms with van der Waals surface area (Å²) in [5, 5.41) is 4.95. The van der Waals surface area contributed by atoms with E-state index >= 15 is 0 Å². The average Bonchev–Trinajstić information content (AvgIpc) is 2.56. The number of carbonyl (C=O) groups is 3. The third kappa shape index (κ3) is 9.05. The molecule has 2 radical (unpaired) electrons. The van der Waals surface area contributed by atoms with E-state index in [1.807, 2.05) is 30.3 Å². The average molecular weight is 362 g/mol. The highest BCUT2D eigenvalue weighted by atomic mass is 16.6. The maximum Gasteiger partial charge on any atom is 0.408 e. The van der Waals surface area contributed by atoms with Crippen molar-refractivity contribution in [1.29, 1.82) is 0 Å². The maximum absolute atomic E-state index is 12.2. The summed E-state index contributed by atoms with van der Waals surface area (Å²) in [5.41, 5.74) is 0.105. The molecular weight excluding hydrogens is 336 g/mol. The number of amides is 2. The van der Waals surface area contributed by atoms with Crippen LogP contribution < -0.4 is 10.6 Å². The van der Waals surface area contributed by atoms with Crippen LogP contribution in [0.2, 0.25) is 0 Å². The summed E-state index contributed by atoms with van der Waals surface area (Å²) >= 11 is 0. The predicted octanol–water partition coefficient (Wildman–Crippen LogP) is 2.17. The highest BCUT2D eigenvalue weighted by molar-refractivity contribution is 5.89. The molecule has 0 aliphatic heterocycles. The van der Waals surface area contributed by atoms with E-state index in [-0.39, 0.29) is 19.6 Å². The van der Waals surface area contributed by atoms with E-state index in [0.717, 1.165) is 5.56 Å². The van der Waals surface area contributed by atoms with E-state index in [9.17, 15) is 14.4 Å². The predicted molar refractivity (Wildman–Crippen MR) is 96.7 cm³/mol. The number of alkyl carbamates (subject to hydrolysis) is 1. The number of rotatable bonds is 8. The molecule has 1 rings (SSSR count). The lowest BCUT2D eigenvalue weighted by atomic mass is 10.2. The fourth-order valence-corrected chi connectivity index (χ4v) is 1.92. The second kappa shape index (κ2) is 10.4. The molecule has 0 aliphatic carbocycles. The molecule has 0 fully saturated rings. The first-order valence-electron chi connectivity index (χ1n) is 8.29. The minimum atomic E-state index is -1.10. The second-order valence-electron chi connectivity index (χ2n) is 6.58. The number of nitrogens with one attached hydrogen (secondary N) is 2. The van der Waals surface area contributed by atoms with Crippen LogP contribution >= 0.6 is 0 Å². The molecule has 26 heavy (non-hydrogen) atoms. The Balaban J connectivity index is 2.63. The standard InChI is InChI=1S/C19H26N2O5/c1-5-11-20-17(23)15(21-18(24)26-19(2,3)4)12-16(22)25-13-14-9-7-6-8-10-14/h5-10,15H,1,11-13H2,2-4H3,(H,20,23)(H,21,24). The summed E-state index contributed by atoms with van der Waals surface area (Å²) in [6.45, 7) is 8.92. The van der Waals surface area contributed by atoms with Gasteiger partial charge in [-0.05, 0) is 39.7 Å². The van der Waals surface area contributed by atoms with Crippen molar-refractivity contribution in [2.45, 2.75) is 45.4 Å². The third-order valence-corrected chi connectivity index (χ3v) is 3.04. The summed E-state index contributed by atoms with van der Waals surface area (Å²) < 4.78 is 10.3. The summed E-state index contributed by atoms with van der Waals surface area (Å²) in [6, 6.07) is 8.06. The van der Waals surface area contributed by atoms with Gasteiger partial charge in [0.05, 0.1) is 6.42 Å². The molecule has 142 valence electrons. The largest absolute Gasteiger partial charge is 0.461 e. The Morgan fingerprint density at radius 1 is 1.19 bits per heavy atom. The van der Waals surface area contributed by atoms with Crippen LogP contribution in [0.15, 0.2) is 30.3 Å². The van der Waals surface area contributed by atoms with Crippen LogP contribution in [-0.4, -0.2) is 36.2 Å². The number of ether oxygens (including phenoxy) is 2. The van der Waals surface area contributed by atoms with Crippen molar-refractivity contribution in [2.75, 3.05) is 6.54 Å². The van der Waals surface area contributed by atoms with Crippen molar-refractivity contribution < 1.29 is 23.9 Å². The van der Waals surface area contributed by atoms with E-state index in [2.05, 4.69) is 17.6 Å². The summed E-state index contributed by atoms with van der Waals surface area (Å²) in [6.07, 6.45) is 0.401. The smallest absolute Gasteiger partial charge is 0.408 e. The van der Waals surface area contributed by atoms with Gasteiger partial charge in [0.15, 0.2) is 0 Å². The van der Waals surface area contributed by atoms with E-state index in [4.69, 9.17) is 9.47 Å². The first-order valence-corrected chi connectivity index (χ1v) is 8.29. The lowest BCUT2D eigenvalue weighted by Gasteiger charge is -2.23. The lowest BCUT2D eigenvalue weighted by molar-refractivity contribution is -0.147. The molecule has 0 aromatic heterocycles. The topological polar surface area (TPSA) is 93.7 Å². The molecule has 0 aliphatic rings. The van der Waals surface area contributed by atoms with Crippen molar-refractivity contribution in [3.63, 3.8) is 0 Å². The van der Waals surface area contributed by atoms with Crippen molar-refractivity contribution in [1.82, 2.24) is 10.6 Å². The fourth-order valence-electron chi connectivity index (χ4n) is 1.92. The van der Waals surface area contributed by atoms with E-state index in [0.29, 0.717) is 0 Å². The van der Waals surface area contributed by atoms with Crippen LogP contribution in [0, 0.1) is 13.3 Å². The van der Waals surface area contributed by atoms with Crippen molar-refractivity contribution in [3.05, 3.63) is 49.2 Å². The first-order chi connectivity index (χ1) is 12.2. The fraction of sp³-hybridized carbons (Fsp3) is 0.421. The van der Waals surface area contributed by atoms with Crippen molar-refractivity contribution in [3.8, 4) is 0 Å². The van der Waals surface area contributed by atoms with Gasteiger partial charge in [-0.25, -0.2) is 4.79 Å². The van der Waals surface area contributed by atoms with Gasteiger partial charge in [-0.2, -0.15) is 0 Å². The van der Waals surface area contributed by atoms with Crippen LogP contribution in [0.1, 0.15) is 32.8 Å². The molecule has 0 saturated carbocycles. The minimum Gasteiger partial charge on any atom is -0.461 e. The van der Waals surface area contributed by atoms with Crippen molar-refractivity contribution in [2.24, 2.45) is 0 Å². The molecule has 1 aromatic carbocycles. The minimum absolute atomic E-state index is 0.0904. The van der Waals surface area contributed by atoms with Crippen LogP contribution in [0.5, 0.6) is 0 Å². The van der Waals surface area contributed by atoms with E-state index in [1.54, 1.807) is 20.8 Å². The van der Waals surface area contributed by atoms with Gasteiger partial charge in [0.1, 0.15) is 18.2 Å². The monoisotopic (exact) mass is 362 g/mol. The number of esters is 1. The van der Waals surface area contributed by atoms with Gasteiger partial charge < -0.3 is 20.1 Å². The summed E-state index contributed by atoms with van der Waals surface area (Å²) in [4.78, 5) is 36.2. The Morgan fingerprint density at radius 2 is 1.85 bits per heavy atom. The lowest BCUT2D eigenvalue weighted by Crippen LogP contribution is -2.49. The van der Waals surface area contributed by atoms with Gasteiger partial charge in [-0.3, -0.25) is 9.59 Å². The zero-order chi connectivity index (χ0) is 19.6. The Hall–Kier alpha value is -2.57. The van der Waals surface area contributed by atoms with Crippen LogP contribution in [0.25, 0.3) is 0 Å². The molecule has 1 unspecified atom stereocenters. The molecule has 1 atom stereocenters. The second-order valence-corrected chi connectivity index (χ2v) is 6.58. The molecule has 0 bridgehead atoms. The molecule has 0 heterocycles. The number of hydrogen-bond acceptors (Lipinski definition) is 5. The molecule has 0 spiro atoms. The van der Waals surface area contributed by atoms with E-state index < -0.39 is 29.6 Å². The zero-order valence-corrected chi connectivity index (χ0v) is 15.4. The summed E-state index contributed by atoms with van der Waals surface area (Å²) in [7, 11) is 0. The normalized spacial score (nSPS) is 12.0. The Labute approximate surface area is 154 Å². The van der Waals surface area contributed by atoms with Gasteiger partial charge in [0.2, 0.25) is 5.91 Å². The molecule has 2 amide bonds. The van der Waals surface area contributed by atoms with Crippen LogP contribution in [0.4, 0.5) is 4.79 Å². The van der Waals surface area contributed by atoms with Crippen molar-refractivity contribution >= 4 is 18.0 Å². The quantitative estimate of drug-likeness (QED) is 0.691. The zero-order valence-electron chi connectivity index (χ0n) is 15.4. The van der Waals surface area contributed by atoms with Gasteiger partial charge in [-0.1, -0.05) is 30.3 Å². The molecular formula is C19H26N2O5. The van der Waals surface area contributed by atoms with Crippen LogP contribution in [-0.2, 0) is 25.7 Å². The van der Waals surface area contributed by atoms with Gasteiger partial charge in [0.25, 0.3) is 0 Å². The molecule has 0 saturated heterocycles. The molecule has 7 heteroatoms. The SMILES string of the molecule is [CH2][CH]CNC(=O)C(CC(=O)OCc1ccccc1)NC(=O)OC(C)(C)C. The number of benzene rings is 1. The van der Waals surface area contributed by atoms with Gasteiger partial charge in [0, 0.05) is 6.54 Å². The molecule has 2 N–H and O–H groups in total. The van der Waals surface area contributed by atoms with Crippen LogP contribution in [0.3, 0.4) is 0 Å². The Kier molecular flexibility index (Phi) is 8.61. The Morgan fingerprint density at radius 3 is 2.42 bits per heavy atom. The van der Waals surface area contributed by atoms with Gasteiger partial charge >= 0.3 is 12.1 Å². The Bertz CT molecular complexity index is 596. The number of carbonyl (C=O) groups excluding carboxylic acids is 3. The van der Waals surface area contributed by atoms with E-state index in [1.165, 1.54) is 6.42 Å². The maximum atomic E-state index is 12.2. The third-order valence-electron chi connectivity index (χ3n) is 3.04. The number of hydrogen-bond donors (Lipinski definition) is 2. The first kappa shape index (κ1) is 21.5. The molecule has 1 aromatic rings.